The van der Waals surface area contributed by atoms with E-state index in [1.54, 1.807) is 22.7 Å². The molecule has 4 nitrogen and oxygen atoms in total. The van der Waals surface area contributed by atoms with Gasteiger partial charge >= 0.3 is 0 Å². The highest BCUT2D eigenvalue weighted by atomic mass is 79.9. The summed E-state index contributed by atoms with van der Waals surface area (Å²) in [6, 6.07) is 5.33. The average molecular weight is 352 g/mol. The van der Waals surface area contributed by atoms with Crippen molar-refractivity contribution in [2.24, 2.45) is 0 Å². The van der Waals surface area contributed by atoms with Gasteiger partial charge in [0, 0.05) is 11.8 Å². The molecule has 2 N–H and O–H groups in total. The van der Waals surface area contributed by atoms with Crippen molar-refractivity contribution in [1.82, 2.24) is 9.38 Å². The van der Waals surface area contributed by atoms with E-state index in [-0.39, 0.29) is 11.3 Å². The van der Waals surface area contributed by atoms with Gasteiger partial charge in [-0.25, -0.2) is 13.8 Å². The lowest BCUT2D eigenvalue weighted by molar-refractivity contribution is 0.103. The molecule has 0 bridgehead atoms. The molecule has 0 aliphatic rings. The minimum absolute atomic E-state index is 0.124. The van der Waals surface area contributed by atoms with Crippen LogP contribution in [-0.4, -0.2) is 15.2 Å². The quantitative estimate of drug-likeness (QED) is 0.569. The van der Waals surface area contributed by atoms with Crippen LogP contribution in [0.25, 0.3) is 5.65 Å². The number of hydrogen-bond donors (Lipinski definition) is 1. The Kier molecular flexibility index (Phi) is 3.21. The molecule has 0 spiro atoms. The first-order valence-corrected chi connectivity index (χ1v) is 6.69. The number of nitrogens with zero attached hydrogens (tertiary/aromatic N) is 2. The molecule has 0 aliphatic heterocycles. The van der Waals surface area contributed by atoms with Gasteiger partial charge < -0.3 is 5.73 Å². The third kappa shape index (κ3) is 2.19. The van der Waals surface area contributed by atoms with Crippen LogP contribution in [0.2, 0.25) is 0 Å². The first-order valence-electron chi connectivity index (χ1n) is 5.90. The van der Waals surface area contributed by atoms with Crippen LogP contribution in [0, 0.1) is 11.6 Å². The highest BCUT2D eigenvalue weighted by Gasteiger charge is 2.18. The van der Waals surface area contributed by atoms with Crippen LogP contribution in [0.4, 0.5) is 14.5 Å². The summed E-state index contributed by atoms with van der Waals surface area (Å²) in [4.78, 5) is 16.5. The standard InChI is InChI=1S/C14H8BrF2N3O/c15-8-2-1-3-20-11(6-19-14(8)20)13(21)7-4-9(16)12(18)10(17)5-7/h1-6H,18H2. The van der Waals surface area contributed by atoms with Gasteiger partial charge in [0.25, 0.3) is 0 Å². The summed E-state index contributed by atoms with van der Waals surface area (Å²) in [7, 11) is 0. The molecule has 3 aromatic rings. The smallest absolute Gasteiger partial charge is 0.211 e. The van der Waals surface area contributed by atoms with E-state index in [4.69, 9.17) is 5.73 Å². The lowest BCUT2D eigenvalue weighted by Crippen LogP contribution is -2.07. The van der Waals surface area contributed by atoms with Crippen LogP contribution in [0.3, 0.4) is 0 Å². The minimum atomic E-state index is -0.964. The maximum Gasteiger partial charge on any atom is 0.211 e. The van der Waals surface area contributed by atoms with Crippen LogP contribution in [-0.2, 0) is 0 Å². The fourth-order valence-corrected chi connectivity index (χ4v) is 2.45. The number of halogens is 3. The number of nitrogen functional groups attached to an aromatic ring is 1. The normalized spacial score (nSPS) is 11.0. The van der Waals surface area contributed by atoms with E-state index in [1.165, 1.54) is 6.20 Å². The van der Waals surface area contributed by atoms with Gasteiger partial charge in [0.1, 0.15) is 23.0 Å². The van der Waals surface area contributed by atoms with Crippen LogP contribution >= 0.6 is 15.9 Å². The van der Waals surface area contributed by atoms with E-state index < -0.39 is 23.1 Å². The van der Waals surface area contributed by atoms with Crippen molar-refractivity contribution in [1.29, 1.82) is 0 Å². The van der Waals surface area contributed by atoms with Crippen molar-refractivity contribution in [3.05, 3.63) is 64.0 Å². The lowest BCUT2D eigenvalue weighted by atomic mass is 10.1. The number of carbonyl (C=O) groups is 1. The summed E-state index contributed by atoms with van der Waals surface area (Å²) < 4.78 is 29.2. The summed E-state index contributed by atoms with van der Waals surface area (Å²) in [6.45, 7) is 0. The largest absolute Gasteiger partial charge is 0.394 e. The zero-order chi connectivity index (χ0) is 15.1. The zero-order valence-corrected chi connectivity index (χ0v) is 12.1. The Morgan fingerprint density at radius 2 is 1.95 bits per heavy atom. The number of rotatable bonds is 2. The van der Waals surface area contributed by atoms with Gasteiger partial charge in [-0.05, 0) is 40.2 Å². The average Bonchev–Trinajstić information content (AvgIpc) is 2.89. The molecular formula is C14H8BrF2N3O. The van der Waals surface area contributed by atoms with E-state index in [2.05, 4.69) is 20.9 Å². The van der Waals surface area contributed by atoms with Crippen molar-refractivity contribution >= 4 is 33.0 Å². The predicted molar refractivity (Wildman–Crippen MR) is 77.1 cm³/mol. The first kappa shape index (κ1) is 13.7. The Bertz CT molecular complexity index is 853. The molecule has 106 valence electrons. The molecule has 21 heavy (non-hydrogen) atoms. The number of fused-ring (bicyclic) bond motifs is 1. The van der Waals surface area contributed by atoms with Gasteiger partial charge in [0.15, 0.2) is 5.65 Å². The van der Waals surface area contributed by atoms with E-state index in [0.29, 0.717) is 10.1 Å². The van der Waals surface area contributed by atoms with Crippen molar-refractivity contribution in [2.75, 3.05) is 5.73 Å². The second-order valence-corrected chi connectivity index (χ2v) is 5.23. The molecule has 2 heterocycles. The second-order valence-electron chi connectivity index (χ2n) is 4.38. The van der Waals surface area contributed by atoms with Crippen molar-refractivity contribution < 1.29 is 13.6 Å². The summed E-state index contributed by atoms with van der Waals surface area (Å²) in [5.74, 6) is -2.47. The van der Waals surface area contributed by atoms with E-state index in [0.717, 1.165) is 12.1 Å². The molecule has 0 amide bonds. The van der Waals surface area contributed by atoms with Gasteiger partial charge in [-0.2, -0.15) is 0 Å². The Morgan fingerprint density at radius 3 is 2.62 bits per heavy atom. The molecule has 0 saturated heterocycles. The van der Waals surface area contributed by atoms with Crippen molar-refractivity contribution in [3.63, 3.8) is 0 Å². The minimum Gasteiger partial charge on any atom is -0.394 e. The highest BCUT2D eigenvalue weighted by molar-refractivity contribution is 9.10. The number of aromatic nitrogens is 2. The molecule has 1 aromatic carbocycles. The number of anilines is 1. The maximum atomic E-state index is 13.5. The molecule has 0 atom stereocenters. The summed E-state index contributed by atoms with van der Waals surface area (Å²) in [5.41, 5.74) is 5.21. The molecule has 0 aliphatic carbocycles. The number of hydrogen-bond acceptors (Lipinski definition) is 3. The fraction of sp³-hybridized carbons (Fsp3) is 0. The number of nitrogens with two attached hydrogens (primary N) is 1. The topological polar surface area (TPSA) is 60.4 Å². The number of benzene rings is 1. The molecule has 0 radical (unpaired) electrons. The number of ketones is 1. The fourth-order valence-electron chi connectivity index (χ4n) is 2.01. The number of pyridine rings is 1. The molecule has 0 fully saturated rings. The van der Waals surface area contributed by atoms with Crippen LogP contribution in [0.1, 0.15) is 16.1 Å². The molecule has 3 rings (SSSR count). The SMILES string of the molecule is Nc1c(F)cc(C(=O)c2cnc3c(Br)cccn23)cc1F. The number of carbonyl (C=O) groups excluding carboxylic acids is 1. The molecule has 0 unspecified atom stereocenters. The third-order valence-corrected chi connectivity index (χ3v) is 3.68. The number of imidazole rings is 1. The van der Waals surface area contributed by atoms with Crippen LogP contribution < -0.4 is 5.73 Å². The van der Waals surface area contributed by atoms with Gasteiger partial charge in [-0.15, -0.1) is 0 Å². The molecule has 0 saturated carbocycles. The van der Waals surface area contributed by atoms with Gasteiger partial charge in [-0.1, -0.05) is 0 Å². The summed E-state index contributed by atoms with van der Waals surface area (Å²) >= 11 is 3.32. The van der Waals surface area contributed by atoms with Crippen molar-refractivity contribution in [3.8, 4) is 0 Å². The van der Waals surface area contributed by atoms with Crippen LogP contribution in [0.15, 0.2) is 41.1 Å². The van der Waals surface area contributed by atoms with Gasteiger partial charge in [0.2, 0.25) is 5.78 Å². The van der Waals surface area contributed by atoms with Gasteiger partial charge in [0.05, 0.1) is 10.7 Å². The Morgan fingerprint density at radius 1 is 1.29 bits per heavy atom. The monoisotopic (exact) mass is 351 g/mol. The van der Waals surface area contributed by atoms with E-state index in [1.807, 2.05) is 0 Å². The first-order chi connectivity index (χ1) is 9.99. The summed E-state index contributed by atoms with van der Waals surface area (Å²) in [6.07, 6.45) is 3.00. The second kappa shape index (κ2) is 4.92. The third-order valence-electron chi connectivity index (χ3n) is 3.06. The Labute approximate surface area is 126 Å². The predicted octanol–water partition coefficient (Wildman–Crippen LogP) is 3.19. The Balaban J connectivity index is 2.15. The van der Waals surface area contributed by atoms with E-state index in [9.17, 15) is 13.6 Å². The Hall–Kier alpha value is -2.28. The lowest BCUT2D eigenvalue weighted by Gasteiger charge is -2.05. The highest BCUT2D eigenvalue weighted by Crippen LogP contribution is 2.22. The van der Waals surface area contributed by atoms with E-state index >= 15 is 0 Å². The molecular weight excluding hydrogens is 344 g/mol. The molecule has 7 heteroatoms. The zero-order valence-electron chi connectivity index (χ0n) is 10.5. The van der Waals surface area contributed by atoms with Crippen LogP contribution in [0.5, 0.6) is 0 Å². The van der Waals surface area contributed by atoms with Crippen molar-refractivity contribution in [2.45, 2.75) is 0 Å². The maximum absolute atomic E-state index is 13.5. The van der Waals surface area contributed by atoms with Gasteiger partial charge in [-0.3, -0.25) is 9.20 Å². The summed E-state index contributed by atoms with van der Waals surface area (Å²) in [5, 5.41) is 0. The molecule has 2 aromatic heterocycles.